The van der Waals surface area contributed by atoms with E-state index in [1.54, 1.807) is 30.3 Å². The van der Waals surface area contributed by atoms with E-state index in [0.717, 1.165) is 41.0 Å². The molecule has 2 N–H and O–H groups in total. The fourth-order valence-corrected chi connectivity index (χ4v) is 6.23. The normalized spacial score (nSPS) is 15.2. The zero-order chi connectivity index (χ0) is 28.0. The molecule has 0 spiro atoms. The minimum atomic E-state index is -4.13. The highest BCUT2D eigenvalue weighted by Gasteiger charge is 2.31. The number of amidine groups is 1. The fraction of sp³-hybridized carbons (Fsp3) is 0.267. The Morgan fingerprint density at radius 3 is 2.48 bits per heavy atom. The van der Waals surface area contributed by atoms with Crippen LogP contribution in [0.15, 0.2) is 76.7 Å². The van der Waals surface area contributed by atoms with Crippen LogP contribution >= 0.6 is 0 Å². The number of hydrogen-bond acceptors (Lipinski definition) is 7. The van der Waals surface area contributed by atoms with Gasteiger partial charge in [0.15, 0.2) is 11.5 Å². The first-order valence-electron chi connectivity index (χ1n) is 13.1. The summed E-state index contributed by atoms with van der Waals surface area (Å²) in [6.07, 6.45) is 1.87. The molecule has 1 atom stereocenters. The number of fused-ring (bicyclic) bond motifs is 2. The summed E-state index contributed by atoms with van der Waals surface area (Å²) in [6, 6.07) is 17.8. The molecule has 0 aliphatic carbocycles. The van der Waals surface area contributed by atoms with Crippen molar-refractivity contribution in [3.63, 3.8) is 0 Å². The van der Waals surface area contributed by atoms with E-state index in [1.165, 1.54) is 12.1 Å². The maximum absolute atomic E-state index is 13.9. The summed E-state index contributed by atoms with van der Waals surface area (Å²) < 4.78 is 42.0. The zero-order valence-corrected chi connectivity index (χ0v) is 23.3. The number of benzene rings is 3. The van der Waals surface area contributed by atoms with Crippen molar-refractivity contribution >= 4 is 32.7 Å². The number of carbonyl (C=O) groups is 1. The van der Waals surface area contributed by atoms with Crippen molar-refractivity contribution in [1.82, 2.24) is 14.6 Å². The minimum absolute atomic E-state index is 0.0297. The molecule has 0 radical (unpaired) electrons. The molecule has 1 amide bonds. The first-order chi connectivity index (χ1) is 19.2. The monoisotopic (exact) mass is 558 g/mol. The van der Waals surface area contributed by atoms with Gasteiger partial charge < -0.3 is 19.4 Å². The number of aliphatic imine (C=N–C) groups is 1. The first kappa shape index (κ1) is 25.9. The van der Waals surface area contributed by atoms with Crippen LogP contribution in [0, 0.1) is 0 Å². The summed E-state index contributed by atoms with van der Waals surface area (Å²) in [6.45, 7) is 5.68. The molecule has 206 valence electrons. The van der Waals surface area contributed by atoms with Crippen LogP contribution in [0.3, 0.4) is 0 Å². The van der Waals surface area contributed by atoms with Crippen molar-refractivity contribution in [3.8, 4) is 11.5 Å². The molecule has 40 heavy (non-hydrogen) atoms. The molecule has 2 aliphatic heterocycles. The average molecular weight is 559 g/mol. The van der Waals surface area contributed by atoms with Gasteiger partial charge in [0.25, 0.3) is 10.0 Å². The Morgan fingerprint density at radius 2 is 1.75 bits per heavy atom. The van der Waals surface area contributed by atoms with E-state index in [4.69, 9.17) is 9.47 Å². The zero-order valence-electron chi connectivity index (χ0n) is 22.5. The summed E-state index contributed by atoms with van der Waals surface area (Å²) in [5.41, 5.74) is 4.12. The van der Waals surface area contributed by atoms with Gasteiger partial charge in [-0.05, 0) is 52.9 Å². The van der Waals surface area contributed by atoms with Crippen molar-refractivity contribution in [2.75, 3.05) is 19.9 Å². The molecular weight excluding hydrogens is 528 g/mol. The molecule has 3 aromatic carbocycles. The van der Waals surface area contributed by atoms with E-state index in [2.05, 4.69) is 15.0 Å². The minimum Gasteiger partial charge on any atom is -0.454 e. The fourth-order valence-electron chi connectivity index (χ4n) is 5.23. The Kier molecular flexibility index (Phi) is 6.50. The topological polar surface area (TPSA) is 111 Å². The molecule has 10 heteroatoms. The van der Waals surface area contributed by atoms with Gasteiger partial charge in [0, 0.05) is 36.3 Å². The van der Waals surface area contributed by atoms with Gasteiger partial charge in [-0.2, -0.15) is 0 Å². The lowest BCUT2D eigenvalue weighted by Gasteiger charge is -2.18. The highest BCUT2D eigenvalue weighted by atomic mass is 32.2. The van der Waals surface area contributed by atoms with E-state index < -0.39 is 21.8 Å². The van der Waals surface area contributed by atoms with Crippen LogP contribution in [0.4, 0.5) is 0 Å². The van der Waals surface area contributed by atoms with Gasteiger partial charge in [-0.1, -0.05) is 44.2 Å². The maximum Gasteiger partial charge on any atom is 0.264 e. The predicted molar refractivity (Wildman–Crippen MR) is 153 cm³/mol. The Bertz CT molecular complexity index is 1760. The number of rotatable bonds is 7. The Balaban J connectivity index is 1.42. The van der Waals surface area contributed by atoms with Gasteiger partial charge in [0.2, 0.25) is 12.7 Å². The molecule has 3 heterocycles. The number of nitrogens with one attached hydrogen (secondary N) is 2. The molecule has 0 fully saturated rings. The van der Waals surface area contributed by atoms with Crippen LogP contribution in [0.25, 0.3) is 10.9 Å². The quantitative estimate of drug-likeness (QED) is 0.355. The molecule has 6 rings (SSSR count). The van der Waals surface area contributed by atoms with Gasteiger partial charge in [0.1, 0.15) is 5.84 Å². The second-order valence-corrected chi connectivity index (χ2v) is 12.0. The van der Waals surface area contributed by atoms with E-state index in [-0.39, 0.29) is 17.6 Å². The van der Waals surface area contributed by atoms with Crippen molar-refractivity contribution < 1.29 is 22.7 Å². The molecule has 1 unspecified atom stereocenters. The van der Waals surface area contributed by atoms with Gasteiger partial charge in [-0.25, -0.2) is 13.1 Å². The van der Waals surface area contributed by atoms with Crippen molar-refractivity contribution in [2.24, 2.45) is 12.0 Å². The second kappa shape index (κ2) is 10.0. The summed E-state index contributed by atoms with van der Waals surface area (Å²) in [5.74, 6) is 0.582. The lowest BCUT2D eigenvalue weighted by molar-refractivity contribution is -0.119. The summed E-state index contributed by atoms with van der Waals surface area (Å²) >= 11 is 0. The second-order valence-electron chi connectivity index (χ2n) is 10.3. The van der Waals surface area contributed by atoms with Crippen molar-refractivity contribution in [1.29, 1.82) is 0 Å². The third-order valence-corrected chi connectivity index (χ3v) is 8.73. The van der Waals surface area contributed by atoms with Crippen LogP contribution in [0.2, 0.25) is 0 Å². The van der Waals surface area contributed by atoms with Crippen LogP contribution in [0.1, 0.15) is 47.9 Å². The Hall–Kier alpha value is -4.31. The lowest BCUT2D eigenvalue weighted by Crippen LogP contribution is -2.35. The summed E-state index contributed by atoms with van der Waals surface area (Å²) in [7, 11) is -2.22. The highest BCUT2D eigenvalue weighted by molar-refractivity contribution is 7.90. The van der Waals surface area contributed by atoms with Crippen molar-refractivity contribution in [3.05, 3.63) is 89.1 Å². The molecule has 1 aromatic heterocycles. The van der Waals surface area contributed by atoms with Crippen molar-refractivity contribution in [2.45, 2.75) is 30.6 Å². The third kappa shape index (κ3) is 4.68. The smallest absolute Gasteiger partial charge is 0.264 e. The van der Waals surface area contributed by atoms with Crippen LogP contribution in [-0.2, 0) is 21.9 Å². The SMILES string of the molecule is CC(C)c1ccc(S(=O)(=O)NC(=O)C(c2ccc3c(c2)OCO3)c2cn(C)c3cc(C4=NCCN4)ccc23)cc1. The number of sulfonamides is 1. The molecule has 2 aliphatic rings. The van der Waals surface area contributed by atoms with E-state index >= 15 is 0 Å². The molecular formula is C30H30N4O5S. The van der Waals surface area contributed by atoms with Crippen LogP contribution in [-0.4, -0.2) is 44.6 Å². The number of ether oxygens (including phenoxy) is 2. The van der Waals surface area contributed by atoms with Crippen LogP contribution in [0.5, 0.6) is 11.5 Å². The van der Waals surface area contributed by atoms with Crippen LogP contribution < -0.4 is 19.5 Å². The number of aryl methyl sites for hydroxylation is 1. The Morgan fingerprint density at radius 1 is 1.00 bits per heavy atom. The van der Waals surface area contributed by atoms with E-state index in [0.29, 0.717) is 22.6 Å². The average Bonchev–Trinajstić information content (AvgIpc) is 3.70. The molecule has 9 nitrogen and oxygen atoms in total. The number of nitrogens with zero attached hydrogens (tertiary/aromatic N) is 2. The molecule has 4 aromatic rings. The lowest BCUT2D eigenvalue weighted by atomic mass is 9.90. The van der Waals surface area contributed by atoms with E-state index in [9.17, 15) is 13.2 Å². The van der Waals surface area contributed by atoms with Gasteiger partial charge in [-0.15, -0.1) is 0 Å². The summed E-state index contributed by atoms with van der Waals surface area (Å²) in [4.78, 5) is 18.5. The van der Waals surface area contributed by atoms with Gasteiger partial charge in [-0.3, -0.25) is 9.79 Å². The number of amides is 1. The van der Waals surface area contributed by atoms with Gasteiger partial charge >= 0.3 is 0 Å². The predicted octanol–water partition coefficient (Wildman–Crippen LogP) is 4.02. The Labute approximate surface area is 232 Å². The summed E-state index contributed by atoms with van der Waals surface area (Å²) in [5, 5.41) is 4.12. The standard InChI is InChI=1S/C30H30N4O5S/c1-18(2)19-4-8-22(9-5-19)40(36,37)33-30(35)28(20-7-11-26-27(15-20)39-17-38-26)24-16-34(3)25-14-21(6-10-23(24)25)29-31-12-13-32-29/h4-11,14-16,18,28H,12-13,17H2,1-3H3,(H,31,32)(H,33,35). The first-order valence-corrected chi connectivity index (χ1v) is 14.6. The maximum atomic E-state index is 13.9. The highest BCUT2D eigenvalue weighted by Crippen LogP contribution is 2.39. The largest absolute Gasteiger partial charge is 0.454 e. The van der Waals surface area contributed by atoms with Gasteiger partial charge in [0.05, 0.1) is 17.4 Å². The molecule has 0 saturated carbocycles. The number of hydrogen-bond donors (Lipinski definition) is 2. The molecule has 0 bridgehead atoms. The molecule has 0 saturated heterocycles. The third-order valence-electron chi connectivity index (χ3n) is 7.36. The number of aromatic nitrogens is 1. The number of carbonyl (C=O) groups excluding carboxylic acids is 1. The van der Waals surface area contributed by atoms with E-state index in [1.807, 2.05) is 49.9 Å².